The Kier molecular flexibility index (Phi) is 2.90. The third-order valence-corrected chi connectivity index (χ3v) is 3.15. The van der Waals surface area contributed by atoms with Crippen LogP contribution in [0.25, 0.3) is 0 Å². The fourth-order valence-corrected chi connectivity index (χ4v) is 2.31. The van der Waals surface area contributed by atoms with E-state index in [1.807, 2.05) is 25.4 Å². The Morgan fingerprint density at radius 1 is 1.17 bits per heavy atom. The third-order valence-electron chi connectivity index (χ3n) is 3.15. The van der Waals surface area contributed by atoms with Gasteiger partial charge < -0.3 is 5.32 Å². The number of rotatable bonds is 2. The SMILES string of the molecule is CNCC1=Nc2cccnc2Cc2ccccc21. The van der Waals surface area contributed by atoms with Gasteiger partial charge in [0.25, 0.3) is 0 Å². The summed E-state index contributed by atoms with van der Waals surface area (Å²) in [4.78, 5) is 9.21. The number of pyridine rings is 1. The first-order chi connectivity index (χ1) is 8.88. The van der Waals surface area contributed by atoms with Crippen LogP contribution in [0, 0.1) is 0 Å². The molecule has 1 aromatic heterocycles. The second-order valence-corrected chi connectivity index (χ2v) is 4.39. The lowest BCUT2D eigenvalue weighted by Gasteiger charge is -2.08. The summed E-state index contributed by atoms with van der Waals surface area (Å²) in [7, 11) is 1.94. The first-order valence-corrected chi connectivity index (χ1v) is 6.13. The summed E-state index contributed by atoms with van der Waals surface area (Å²) in [6.45, 7) is 0.769. The minimum atomic E-state index is 0.769. The lowest BCUT2D eigenvalue weighted by molar-refractivity contribution is 0.946. The van der Waals surface area contributed by atoms with E-state index in [9.17, 15) is 0 Å². The molecule has 0 saturated heterocycles. The number of nitrogens with zero attached hydrogens (tertiary/aromatic N) is 2. The van der Waals surface area contributed by atoms with Crippen LogP contribution in [0.4, 0.5) is 5.69 Å². The van der Waals surface area contributed by atoms with Crippen LogP contribution in [0.5, 0.6) is 0 Å². The maximum Gasteiger partial charge on any atom is 0.0852 e. The summed E-state index contributed by atoms with van der Waals surface area (Å²) >= 11 is 0. The molecule has 1 N–H and O–H groups in total. The molecule has 90 valence electrons. The molecule has 18 heavy (non-hydrogen) atoms. The largest absolute Gasteiger partial charge is 0.314 e. The fourth-order valence-electron chi connectivity index (χ4n) is 2.31. The maximum absolute atomic E-state index is 4.76. The van der Waals surface area contributed by atoms with Crippen LogP contribution in [-0.4, -0.2) is 24.3 Å². The lowest BCUT2D eigenvalue weighted by atomic mass is 10.00. The zero-order chi connectivity index (χ0) is 12.4. The van der Waals surface area contributed by atoms with Gasteiger partial charge in [0.2, 0.25) is 0 Å². The van der Waals surface area contributed by atoms with E-state index in [1.165, 1.54) is 11.1 Å². The van der Waals surface area contributed by atoms with Crippen molar-refractivity contribution < 1.29 is 0 Å². The predicted molar refractivity (Wildman–Crippen MR) is 73.6 cm³/mol. The quantitative estimate of drug-likeness (QED) is 0.870. The Bertz CT molecular complexity index is 602. The number of fused-ring (bicyclic) bond motifs is 2. The highest BCUT2D eigenvalue weighted by molar-refractivity contribution is 6.05. The Hall–Kier alpha value is -2.00. The summed E-state index contributed by atoms with van der Waals surface area (Å²) in [6.07, 6.45) is 2.68. The molecule has 0 atom stereocenters. The molecule has 0 aliphatic carbocycles. The van der Waals surface area contributed by atoms with Crippen molar-refractivity contribution in [2.24, 2.45) is 4.99 Å². The van der Waals surface area contributed by atoms with Gasteiger partial charge in [-0.1, -0.05) is 24.3 Å². The highest BCUT2D eigenvalue weighted by atomic mass is 14.9. The summed E-state index contributed by atoms with van der Waals surface area (Å²) < 4.78 is 0. The summed E-state index contributed by atoms with van der Waals surface area (Å²) in [5.41, 5.74) is 5.64. The standard InChI is InChI=1S/C15H15N3/c1-16-10-15-12-6-3-2-5-11(12)9-14-13(18-15)7-4-8-17-14/h2-8,16H,9-10H2,1H3. The predicted octanol–water partition coefficient (Wildman–Crippen LogP) is 2.33. The van der Waals surface area contributed by atoms with Gasteiger partial charge in [-0.3, -0.25) is 4.98 Å². The van der Waals surface area contributed by atoms with Gasteiger partial charge in [-0.2, -0.15) is 0 Å². The molecule has 1 aliphatic heterocycles. The van der Waals surface area contributed by atoms with E-state index in [0.29, 0.717) is 0 Å². The number of hydrogen-bond donors (Lipinski definition) is 1. The third kappa shape index (κ3) is 1.93. The van der Waals surface area contributed by atoms with E-state index in [1.54, 1.807) is 0 Å². The Morgan fingerprint density at radius 2 is 2.06 bits per heavy atom. The van der Waals surface area contributed by atoms with E-state index in [-0.39, 0.29) is 0 Å². The van der Waals surface area contributed by atoms with Gasteiger partial charge in [0.05, 0.1) is 17.1 Å². The average molecular weight is 237 g/mol. The van der Waals surface area contributed by atoms with Crippen LogP contribution in [0.2, 0.25) is 0 Å². The van der Waals surface area contributed by atoms with Crippen LogP contribution in [0.15, 0.2) is 47.6 Å². The molecule has 0 unspecified atom stereocenters. The molecule has 1 aliphatic rings. The molecular weight excluding hydrogens is 222 g/mol. The number of nitrogens with one attached hydrogen (secondary N) is 1. The molecule has 3 heteroatoms. The number of hydrogen-bond acceptors (Lipinski definition) is 3. The highest BCUT2D eigenvalue weighted by Gasteiger charge is 2.15. The smallest absolute Gasteiger partial charge is 0.0852 e. The molecule has 2 aromatic rings. The van der Waals surface area contributed by atoms with E-state index in [4.69, 9.17) is 4.99 Å². The molecule has 2 heterocycles. The zero-order valence-corrected chi connectivity index (χ0v) is 10.4. The van der Waals surface area contributed by atoms with Crippen LogP contribution < -0.4 is 5.32 Å². The molecule has 0 fully saturated rings. The van der Waals surface area contributed by atoms with Crippen LogP contribution in [0.1, 0.15) is 16.8 Å². The van der Waals surface area contributed by atoms with E-state index in [2.05, 4.69) is 34.6 Å². The topological polar surface area (TPSA) is 37.3 Å². The molecule has 0 bridgehead atoms. The fraction of sp³-hybridized carbons (Fsp3) is 0.200. The number of aromatic nitrogens is 1. The van der Waals surface area contributed by atoms with Crippen molar-refractivity contribution in [1.82, 2.24) is 10.3 Å². The minimum absolute atomic E-state index is 0.769. The maximum atomic E-state index is 4.76. The number of likely N-dealkylation sites (N-methyl/N-ethyl adjacent to an activating group) is 1. The second-order valence-electron chi connectivity index (χ2n) is 4.39. The Balaban J connectivity index is 2.19. The van der Waals surface area contributed by atoms with Gasteiger partial charge in [0.1, 0.15) is 0 Å². The van der Waals surface area contributed by atoms with Gasteiger partial charge in [0.15, 0.2) is 0 Å². The van der Waals surface area contributed by atoms with Gasteiger partial charge in [-0.25, -0.2) is 4.99 Å². The Morgan fingerprint density at radius 3 is 2.94 bits per heavy atom. The minimum Gasteiger partial charge on any atom is -0.314 e. The molecule has 0 amide bonds. The lowest BCUT2D eigenvalue weighted by Crippen LogP contribution is -2.20. The van der Waals surface area contributed by atoms with Crippen molar-refractivity contribution in [3.8, 4) is 0 Å². The number of aliphatic imine (C=N–C) groups is 1. The van der Waals surface area contributed by atoms with Crippen molar-refractivity contribution in [2.75, 3.05) is 13.6 Å². The van der Waals surface area contributed by atoms with E-state index < -0.39 is 0 Å². The van der Waals surface area contributed by atoms with Crippen molar-refractivity contribution in [2.45, 2.75) is 6.42 Å². The first kappa shape index (κ1) is 11.1. The monoisotopic (exact) mass is 237 g/mol. The molecule has 0 spiro atoms. The molecule has 1 aromatic carbocycles. The van der Waals surface area contributed by atoms with Crippen molar-refractivity contribution in [1.29, 1.82) is 0 Å². The normalized spacial score (nSPS) is 13.3. The number of benzene rings is 1. The second kappa shape index (κ2) is 4.70. The van der Waals surface area contributed by atoms with Crippen LogP contribution >= 0.6 is 0 Å². The van der Waals surface area contributed by atoms with Gasteiger partial charge >= 0.3 is 0 Å². The van der Waals surface area contributed by atoms with E-state index >= 15 is 0 Å². The van der Waals surface area contributed by atoms with Gasteiger partial charge in [-0.05, 0) is 24.7 Å². The summed E-state index contributed by atoms with van der Waals surface area (Å²) in [5.74, 6) is 0. The summed E-state index contributed by atoms with van der Waals surface area (Å²) in [5, 5.41) is 3.19. The molecular formula is C15H15N3. The van der Waals surface area contributed by atoms with Crippen molar-refractivity contribution in [3.63, 3.8) is 0 Å². The van der Waals surface area contributed by atoms with Gasteiger partial charge in [0, 0.05) is 24.7 Å². The molecule has 0 saturated carbocycles. The van der Waals surface area contributed by atoms with E-state index in [0.717, 1.165) is 30.1 Å². The Labute approximate surface area is 107 Å². The van der Waals surface area contributed by atoms with Crippen LogP contribution in [-0.2, 0) is 6.42 Å². The zero-order valence-electron chi connectivity index (χ0n) is 10.4. The molecule has 3 nitrogen and oxygen atoms in total. The highest BCUT2D eigenvalue weighted by Crippen LogP contribution is 2.26. The van der Waals surface area contributed by atoms with Crippen LogP contribution in [0.3, 0.4) is 0 Å². The molecule has 0 radical (unpaired) electrons. The molecule has 3 rings (SSSR count). The first-order valence-electron chi connectivity index (χ1n) is 6.13. The summed E-state index contributed by atoms with van der Waals surface area (Å²) in [6, 6.07) is 12.4. The average Bonchev–Trinajstić information content (AvgIpc) is 2.56. The van der Waals surface area contributed by atoms with Crippen molar-refractivity contribution in [3.05, 3.63) is 59.4 Å². The van der Waals surface area contributed by atoms with Gasteiger partial charge in [-0.15, -0.1) is 0 Å². The van der Waals surface area contributed by atoms with Crippen molar-refractivity contribution >= 4 is 11.4 Å².